The minimum atomic E-state index is -0.384. The Morgan fingerprint density at radius 3 is 2.92 bits per heavy atom. The number of nitrogens with zero attached hydrogens (tertiary/aromatic N) is 3. The summed E-state index contributed by atoms with van der Waals surface area (Å²) in [7, 11) is 5.33. The molecule has 0 atom stereocenters. The van der Waals surface area contributed by atoms with Crippen LogP contribution in [0.4, 0.5) is 10.1 Å². The summed E-state index contributed by atoms with van der Waals surface area (Å²) in [6.45, 7) is 1.81. The quantitative estimate of drug-likeness (QED) is 0.714. The number of rotatable bonds is 9. The summed E-state index contributed by atoms with van der Waals surface area (Å²) in [6.07, 6.45) is 3.31. The maximum absolute atomic E-state index is 14.1. The summed E-state index contributed by atoms with van der Waals surface area (Å²) in [5.41, 5.74) is 1.21. The maximum Gasteiger partial charge on any atom is 0.241 e. The standard InChI is InChI=1S/C17H24FN5O2/c1-22(2)8-7-19-16(24)12-23-11-14(10-21-23)20-9-13-5-4-6-15(25-3)17(13)18/h4-6,10-11,20H,7-9,12H2,1-3H3,(H,19,24). The highest BCUT2D eigenvalue weighted by Crippen LogP contribution is 2.20. The molecule has 0 saturated heterocycles. The lowest BCUT2D eigenvalue weighted by Crippen LogP contribution is -2.33. The van der Waals surface area contributed by atoms with Crippen LogP contribution in [0.5, 0.6) is 5.75 Å². The van der Waals surface area contributed by atoms with Crippen LogP contribution in [0.3, 0.4) is 0 Å². The van der Waals surface area contributed by atoms with E-state index in [9.17, 15) is 9.18 Å². The molecule has 8 heteroatoms. The molecule has 1 heterocycles. The van der Waals surface area contributed by atoms with Crippen molar-refractivity contribution in [2.75, 3.05) is 39.6 Å². The first-order chi connectivity index (χ1) is 12.0. The van der Waals surface area contributed by atoms with Crippen molar-refractivity contribution >= 4 is 11.6 Å². The fourth-order valence-corrected chi connectivity index (χ4v) is 2.21. The number of nitrogens with one attached hydrogen (secondary N) is 2. The lowest BCUT2D eigenvalue weighted by molar-refractivity contribution is -0.121. The normalized spacial score (nSPS) is 10.8. The molecule has 1 aromatic heterocycles. The zero-order valence-corrected chi connectivity index (χ0v) is 14.8. The van der Waals surface area contributed by atoms with E-state index in [1.54, 1.807) is 30.6 Å². The van der Waals surface area contributed by atoms with E-state index < -0.39 is 0 Å². The topological polar surface area (TPSA) is 71.4 Å². The molecule has 0 fully saturated rings. The average molecular weight is 349 g/mol. The zero-order valence-electron chi connectivity index (χ0n) is 14.8. The van der Waals surface area contributed by atoms with Gasteiger partial charge in [-0.1, -0.05) is 12.1 Å². The van der Waals surface area contributed by atoms with Gasteiger partial charge in [0.05, 0.1) is 19.0 Å². The number of ether oxygens (including phenoxy) is 1. The Labute approximate surface area is 146 Å². The number of carbonyl (C=O) groups excluding carboxylic acids is 1. The molecule has 1 aromatic carbocycles. The summed E-state index contributed by atoms with van der Waals surface area (Å²) in [5, 5.41) is 10.0. The van der Waals surface area contributed by atoms with Crippen LogP contribution in [0, 0.1) is 5.82 Å². The molecule has 2 aromatic rings. The van der Waals surface area contributed by atoms with Crippen LogP contribution in [0.1, 0.15) is 5.56 Å². The van der Waals surface area contributed by atoms with Crippen LogP contribution in [0.15, 0.2) is 30.6 Å². The van der Waals surface area contributed by atoms with E-state index in [2.05, 4.69) is 15.7 Å². The van der Waals surface area contributed by atoms with Crippen molar-refractivity contribution in [1.29, 1.82) is 0 Å². The second-order valence-corrected chi connectivity index (χ2v) is 5.87. The molecular weight excluding hydrogens is 325 g/mol. The summed E-state index contributed by atoms with van der Waals surface area (Å²) >= 11 is 0. The van der Waals surface area contributed by atoms with Gasteiger partial charge in [0.2, 0.25) is 5.91 Å². The fraction of sp³-hybridized carbons (Fsp3) is 0.412. The van der Waals surface area contributed by atoms with Gasteiger partial charge in [-0.15, -0.1) is 0 Å². The second kappa shape index (κ2) is 9.03. The minimum Gasteiger partial charge on any atom is -0.494 e. The number of benzene rings is 1. The maximum atomic E-state index is 14.1. The molecule has 0 saturated carbocycles. The molecule has 25 heavy (non-hydrogen) atoms. The van der Waals surface area contributed by atoms with E-state index in [-0.39, 0.29) is 24.0 Å². The van der Waals surface area contributed by atoms with Gasteiger partial charge in [-0.05, 0) is 20.2 Å². The molecule has 0 bridgehead atoms. The highest BCUT2D eigenvalue weighted by Gasteiger charge is 2.09. The second-order valence-electron chi connectivity index (χ2n) is 5.87. The van der Waals surface area contributed by atoms with E-state index in [0.29, 0.717) is 24.3 Å². The molecule has 0 aliphatic rings. The van der Waals surface area contributed by atoms with Crippen molar-refractivity contribution < 1.29 is 13.9 Å². The number of methoxy groups -OCH3 is 1. The number of hydrogen-bond donors (Lipinski definition) is 2. The van der Waals surface area contributed by atoms with E-state index in [1.165, 1.54) is 11.8 Å². The predicted octanol–water partition coefficient (Wildman–Crippen LogP) is 1.32. The molecule has 0 spiro atoms. The molecule has 1 amide bonds. The Kier molecular flexibility index (Phi) is 6.76. The van der Waals surface area contributed by atoms with Gasteiger partial charge in [0, 0.05) is 31.4 Å². The number of likely N-dealkylation sites (N-methyl/N-ethyl adjacent to an activating group) is 1. The van der Waals surface area contributed by atoms with Gasteiger partial charge >= 0.3 is 0 Å². The number of hydrogen-bond acceptors (Lipinski definition) is 5. The van der Waals surface area contributed by atoms with E-state index in [1.807, 2.05) is 19.0 Å². The van der Waals surface area contributed by atoms with E-state index >= 15 is 0 Å². The first-order valence-corrected chi connectivity index (χ1v) is 7.98. The van der Waals surface area contributed by atoms with Crippen molar-refractivity contribution in [3.05, 3.63) is 42.0 Å². The van der Waals surface area contributed by atoms with Gasteiger partial charge in [-0.3, -0.25) is 9.48 Å². The summed E-state index contributed by atoms with van der Waals surface area (Å²) in [5.74, 6) is -0.273. The van der Waals surface area contributed by atoms with Crippen LogP contribution >= 0.6 is 0 Å². The van der Waals surface area contributed by atoms with E-state index in [4.69, 9.17) is 4.74 Å². The SMILES string of the molecule is COc1cccc(CNc2cnn(CC(=O)NCCN(C)C)c2)c1F. The van der Waals surface area contributed by atoms with Gasteiger partial charge in [-0.25, -0.2) is 4.39 Å². The van der Waals surface area contributed by atoms with Gasteiger partial charge in [-0.2, -0.15) is 5.10 Å². The lowest BCUT2D eigenvalue weighted by atomic mass is 10.2. The van der Waals surface area contributed by atoms with Crippen molar-refractivity contribution in [3.8, 4) is 5.75 Å². The molecular formula is C17H24FN5O2. The Hall–Kier alpha value is -2.61. The average Bonchev–Trinajstić information content (AvgIpc) is 3.01. The molecule has 0 aliphatic heterocycles. The number of carbonyl (C=O) groups is 1. The van der Waals surface area contributed by atoms with Gasteiger partial charge in [0.25, 0.3) is 0 Å². The Morgan fingerprint density at radius 2 is 2.20 bits per heavy atom. The Bertz CT molecular complexity index is 702. The van der Waals surface area contributed by atoms with Crippen molar-refractivity contribution in [2.45, 2.75) is 13.1 Å². The van der Waals surface area contributed by atoms with E-state index in [0.717, 1.165) is 6.54 Å². The highest BCUT2D eigenvalue weighted by molar-refractivity contribution is 5.75. The largest absolute Gasteiger partial charge is 0.494 e. The fourth-order valence-electron chi connectivity index (χ4n) is 2.21. The molecule has 7 nitrogen and oxygen atoms in total. The summed E-state index contributed by atoms with van der Waals surface area (Å²) in [6, 6.07) is 5.00. The van der Waals surface area contributed by atoms with Gasteiger partial charge < -0.3 is 20.3 Å². The number of halogens is 1. The minimum absolute atomic E-state index is 0.102. The van der Waals surface area contributed by atoms with Crippen LogP contribution in [0.25, 0.3) is 0 Å². The molecule has 2 N–H and O–H groups in total. The van der Waals surface area contributed by atoms with Crippen LogP contribution < -0.4 is 15.4 Å². The van der Waals surface area contributed by atoms with Crippen LogP contribution in [-0.4, -0.2) is 54.9 Å². The number of aromatic nitrogens is 2. The number of anilines is 1. The lowest BCUT2D eigenvalue weighted by Gasteiger charge is -2.10. The zero-order chi connectivity index (χ0) is 18.2. The first-order valence-electron chi connectivity index (χ1n) is 7.98. The Balaban J connectivity index is 1.84. The summed E-state index contributed by atoms with van der Waals surface area (Å²) in [4.78, 5) is 13.8. The monoisotopic (exact) mass is 349 g/mol. The smallest absolute Gasteiger partial charge is 0.241 e. The number of amides is 1. The third-order valence-electron chi connectivity index (χ3n) is 3.57. The molecule has 0 unspecified atom stereocenters. The first kappa shape index (κ1) is 18.7. The van der Waals surface area contributed by atoms with Crippen molar-refractivity contribution in [1.82, 2.24) is 20.0 Å². The highest BCUT2D eigenvalue weighted by atomic mass is 19.1. The molecule has 2 rings (SSSR count). The van der Waals surface area contributed by atoms with Crippen molar-refractivity contribution in [2.24, 2.45) is 0 Å². The molecule has 0 aliphatic carbocycles. The third-order valence-corrected chi connectivity index (χ3v) is 3.57. The van der Waals surface area contributed by atoms with Crippen LogP contribution in [0.2, 0.25) is 0 Å². The van der Waals surface area contributed by atoms with Crippen LogP contribution in [-0.2, 0) is 17.9 Å². The predicted molar refractivity (Wildman–Crippen MR) is 94.1 cm³/mol. The molecule has 136 valence electrons. The molecule has 0 radical (unpaired) electrons. The van der Waals surface area contributed by atoms with Gasteiger partial charge in [0.15, 0.2) is 11.6 Å². The van der Waals surface area contributed by atoms with Crippen molar-refractivity contribution in [3.63, 3.8) is 0 Å². The third kappa shape index (κ3) is 5.75. The summed E-state index contributed by atoms with van der Waals surface area (Å²) < 4.78 is 20.6. The Morgan fingerprint density at radius 1 is 1.40 bits per heavy atom. The van der Waals surface area contributed by atoms with Gasteiger partial charge in [0.1, 0.15) is 6.54 Å².